The van der Waals surface area contributed by atoms with Gasteiger partial charge in [-0.15, -0.1) is 13.2 Å². The summed E-state index contributed by atoms with van der Waals surface area (Å²) in [5.41, 5.74) is 0.282. The monoisotopic (exact) mass is 345 g/mol. The highest BCUT2D eigenvalue weighted by Gasteiger charge is 2.38. The van der Waals surface area contributed by atoms with E-state index in [0.29, 0.717) is 13.0 Å². The van der Waals surface area contributed by atoms with Crippen molar-refractivity contribution in [2.75, 3.05) is 6.54 Å². The lowest BCUT2D eigenvalue weighted by molar-refractivity contribution is -0.274. The third kappa shape index (κ3) is 4.39. The normalized spacial score (nSPS) is 20.9. The van der Waals surface area contributed by atoms with Crippen molar-refractivity contribution >= 4 is 11.9 Å². The predicted octanol–water partition coefficient (Wildman–Crippen LogP) is 2.84. The Balaban J connectivity index is 1.99. The van der Waals surface area contributed by atoms with Crippen LogP contribution in [0.5, 0.6) is 5.75 Å². The molecule has 8 heteroatoms. The van der Waals surface area contributed by atoms with Gasteiger partial charge in [0.25, 0.3) is 0 Å². The highest BCUT2D eigenvalue weighted by atomic mass is 19.4. The molecular weight excluding hydrogens is 327 g/mol. The van der Waals surface area contributed by atoms with Crippen molar-refractivity contribution in [1.82, 2.24) is 4.90 Å². The van der Waals surface area contributed by atoms with Gasteiger partial charge in [-0.25, -0.2) is 0 Å². The molecule has 2 rings (SSSR count). The first kappa shape index (κ1) is 18.1. The predicted molar refractivity (Wildman–Crippen MR) is 78.4 cm³/mol. The number of para-hydroxylation sites is 1. The zero-order valence-corrected chi connectivity index (χ0v) is 13.0. The van der Waals surface area contributed by atoms with E-state index in [2.05, 4.69) is 4.74 Å². The van der Waals surface area contributed by atoms with Crippen LogP contribution in [0.3, 0.4) is 0 Å². The average Bonchev–Trinajstić information content (AvgIpc) is 2.86. The molecule has 2 atom stereocenters. The largest absolute Gasteiger partial charge is 0.573 e. The van der Waals surface area contributed by atoms with Crippen molar-refractivity contribution in [3.8, 4) is 5.75 Å². The van der Waals surface area contributed by atoms with E-state index in [4.69, 9.17) is 5.11 Å². The second-order valence-electron chi connectivity index (χ2n) is 5.72. The lowest BCUT2D eigenvalue weighted by atomic mass is 10.0. The Morgan fingerprint density at radius 2 is 2.00 bits per heavy atom. The molecule has 1 aromatic rings. The summed E-state index contributed by atoms with van der Waals surface area (Å²) in [4.78, 5) is 24.8. The van der Waals surface area contributed by atoms with Gasteiger partial charge < -0.3 is 14.7 Å². The molecule has 0 aliphatic carbocycles. The molecule has 0 saturated carbocycles. The molecule has 132 valence electrons. The maximum Gasteiger partial charge on any atom is 0.573 e. The molecule has 5 nitrogen and oxygen atoms in total. The van der Waals surface area contributed by atoms with Gasteiger partial charge in [0.2, 0.25) is 5.91 Å². The number of carbonyl (C=O) groups is 2. The van der Waals surface area contributed by atoms with Gasteiger partial charge >= 0.3 is 12.3 Å². The molecular formula is C16H18F3NO4. The quantitative estimate of drug-likeness (QED) is 0.891. The number of hydrogen-bond acceptors (Lipinski definition) is 3. The topological polar surface area (TPSA) is 66.8 Å². The maximum atomic E-state index is 12.4. The van der Waals surface area contributed by atoms with Crippen LogP contribution >= 0.6 is 0 Å². The lowest BCUT2D eigenvalue weighted by Gasteiger charge is -2.23. The fourth-order valence-corrected chi connectivity index (χ4v) is 2.94. The van der Waals surface area contributed by atoms with E-state index >= 15 is 0 Å². The van der Waals surface area contributed by atoms with E-state index in [1.165, 1.54) is 23.1 Å². The van der Waals surface area contributed by atoms with E-state index in [0.717, 1.165) is 0 Å². The molecule has 1 aromatic carbocycles. The average molecular weight is 345 g/mol. The molecule has 0 bridgehead atoms. The second kappa shape index (κ2) is 7.11. The Labute approximate surface area is 137 Å². The van der Waals surface area contributed by atoms with Crippen LogP contribution < -0.4 is 4.74 Å². The number of aryl methyl sites for hydroxylation is 1. The number of nitrogens with zero attached hydrogens (tertiary/aromatic N) is 1. The molecule has 24 heavy (non-hydrogen) atoms. The molecule has 0 radical (unpaired) electrons. The Morgan fingerprint density at radius 1 is 1.33 bits per heavy atom. The summed E-state index contributed by atoms with van der Waals surface area (Å²) in [5, 5.41) is 9.07. The number of carboxylic acids is 1. The standard InChI is InChI=1S/C16H18F3NO4/c1-10-12(15(22)23)8-9-20(10)14(21)7-6-11-4-2-3-5-13(11)24-16(17,18)19/h2-5,10,12H,6-9H2,1H3,(H,22,23). The van der Waals surface area contributed by atoms with Crippen molar-refractivity contribution in [2.24, 2.45) is 5.92 Å². The maximum absolute atomic E-state index is 12.4. The van der Waals surface area contributed by atoms with Gasteiger partial charge in [0.05, 0.1) is 5.92 Å². The molecule has 1 aliphatic heterocycles. The van der Waals surface area contributed by atoms with Crippen molar-refractivity contribution in [2.45, 2.75) is 38.6 Å². The van der Waals surface area contributed by atoms with Gasteiger partial charge in [0, 0.05) is 19.0 Å². The minimum Gasteiger partial charge on any atom is -0.481 e. The van der Waals surface area contributed by atoms with E-state index in [1.54, 1.807) is 13.0 Å². The van der Waals surface area contributed by atoms with Crippen LogP contribution in [-0.4, -0.2) is 40.8 Å². The van der Waals surface area contributed by atoms with Gasteiger partial charge in [-0.2, -0.15) is 0 Å². The molecule has 1 fully saturated rings. The number of aliphatic carboxylic acids is 1. The number of rotatable bonds is 5. The number of likely N-dealkylation sites (tertiary alicyclic amines) is 1. The summed E-state index contributed by atoms with van der Waals surface area (Å²) in [6, 6.07) is 5.25. The van der Waals surface area contributed by atoms with Crippen LogP contribution in [-0.2, 0) is 16.0 Å². The minimum absolute atomic E-state index is 0.00505. The Morgan fingerprint density at radius 3 is 2.58 bits per heavy atom. The summed E-state index contributed by atoms with van der Waals surface area (Å²) in [7, 11) is 0. The van der Waals surface area contributed by atoms with Crippen LogP contribution in [0, 0.1) is 5.92 Å². The molecule has 1 heterocycles. The number of ether oxygens (including phenoxy) is 1. The van der Waals surface area contributed by atoms with Crippen molar-refractivity contribution in [3.05, 3.63) is 29.8 Å². The van der Waals surface area contributed by atoms with Crippen molar-refractivity contribution < 1.29 is 32.6 Å². The van der Waals surface area contributed by atoms with Crippen LogP contribution in [0.2, 0.25) is 0 Å². The number of carbonyl (C=O) groups excluding carboxylic acids is 1. The first-order valence-electron chi connectivity index (χ1n) is 7.55. The zero-order valence-electron chi connectivity index (χ0n) is 13.0. The smallest absolute Gasteiger partial charge is 0.481 e. The number of amides is 1. The first-order chi connectivity index (χ1) is 11.2. The summed E-state index contributed by atoms with van der Waals surface area (Å²) in [5.74, 6) is -2.14. The molecule has 1 amide bonds. The fraction of sp³-hybridized carbons (Fsp3) is 0.500. The second-order valence-corrected chi connectivity index (χ2v) is 5.72. The van der Waals surface area contributed by atoms with Gasteiger partial charge in [-0.3, -0.25) is 9.59 Å². The third-order valence-electron chi connectivity index (χ3n) is 4.20. The fourth-order valence-electron chi connectivity index (χ4n) is 2.94. The van der Waals surface area contributed by atoms with Crippen LogP contribution in [0.25, 0.3) is 0 Å². The SMILES string of the molecule is CC1C(C(=O)O)CCN1C(=O)CCc1ccccc1OC(F)(F)F. The molecule has 1 saturated heterocycles. The minimum atomic E-state index is -4.79. The molecule has 0 aromatic heterocycles. The summed E-state index contributed by atoms with van der Waals surface area (Å²) in [6.07, 6.45) is -4.32. The number of hydrogen-bond donors (Lipinski definition) is 1. The number of halogens is 3. The van der Waals surface area contributed by atoms with Crippen molar-refractivity contribution in [3.63, 3.8) is 0 Å². The molecule has 1 N–H and O–H groups in total. The summed E-state index contributed by atoms with van der Waals surface area (Å²) >= 11 is 0. The first-order valence-corrected chi connectivity index (χ1v) is 7.55. The molecule has 1 aliphatic rings. The number of alkyl halides is 3. The van der Waals surface area contributed by atoms with E-state index in [-0.39, 0.29) is 30.1 Å². The lowest BCUT2D eigenvalue weighted by Crippen LogP contribution is -2.37. The highest BCUT2D eigenvalue weighted by Crippen LogP contribution is 2.28. The number of carboxylic acid groups (broad SMARTS) is 1. The van der Waals surface area contributed by atoms with Crippen LogP contribution in [0.1, 0.15) is 25.3 Å². The Kier molecular flexibility index (Phi) is 5.36. The van der Waals surface area contributed by atoms with E-state index in [1.807, 2.05) is 0 Å². The van der Waals surface area contributed by atoms with Gasteiger partial charge in [-0.1, -0.05) is 18.2 Å². The van der Waals surface area contributed by atoms with Gasteiger partial charge in [-0.05, 0) is 31.4 Å². The van der Waals surface area contributed by atoms with Crippen molar-refractivity contribution in [1.29, 1.82) is 0 Å². The van der Waals surface area contributed by atoms with Crippen LogP contribution in [0.4, 0.5) is 13.2 Å². The number of benzene rings is 1. The van der Waals surface area contributed by atoms with E-state index < -0.39 is 24.3 Å². The Hall–Kier alpha value is -2.25. The third-order valence-corrected chi connectivity index (χ3v) is 4.20. The van der Waals surface area contributed by atoms with E-state index in [9.17, 15) is 22.8 Å². The van der Waals surface area contributed by atoms with Crippen LogP contribution in [0.15, 0.2) is 24.3 Å². The Bertz CT molecular complexity index is 618. The molecule has 0 spiro atoms. The van der Waals surface area contributed by atoms with Gasteiger partial charge in [0.1, 0.15) is 5.75 Å². The van der Waals surface area contributed by atoms with Gasteiger partial charge in [0.15, 0.2) is 0 Å². The zero-order chi connectivity index (χ0) is 17.9. The molecule has 2 unspecified atom stereocenters. The summed E-state index contributed by atoms with van der Waals surface area (Å²) < 4.78 is 41.1. The summed E-state index contributed by atoms with van der Waals surface area (Å²) in [6.45, 7) is 2.02. The highest BCUT2D eigenvalue weighted by molar-refractivity contribution is 5.79.